The molecule has 80 valence electrons. The number of thiazole rings is 1. The topological polar surface area (TPSA) is 24.9 Å². The minimum Gasteiger partial charge on any atom is -0.308 e. The van der Waals surface area contributed by atoms with Gasteiger partial charge in [0.25, 0.3) is 0 Å². The average molecular weight is 212 g/mol. The van der Waals surface area contributed by atoms with Crippen molar-refractivity contribution in [2.75, 3.05) is 6.54 Å². The van der Waals surface area contributed by atoms with Crippen molar-refractivity contribution in [3.63, 3.8) is 0 Å². The zero-order valence-electron chi connectivity index (χ0n) is 9.29. The van der Waals surface area contributed by atoms with Crippen LogP contribution in [0.3, 0.4) is 0 Å². The minimum atomic E-state index is 0.454. The molecule has 1 N–H and O–H groups in total. The van der Waals surface area contributed by atoms with Crippen molar-refractivity contribution >= 4 is 11.3 Å². The van der Waals surface area contributed by atoms with Gasteiger partial charge in [-0.1, -0.05) is 20.8 Å². The molecule has 0 radical (unpaired) electrons. The minimum absolute atomic E-state index is 0.454. The Morgan fingerprint density at radius 2 is 2.29 bits per heavy atom. The molecule has 0 aromatic carbocycles. The second-order valence-electron chi connectivity index (χ2n) is 4.01. The van der Waals surface area contributed by atoms with Gasteiger partial charge in [0.1, 0.15) is 5.01 Å². The first kappa shape index (κ1) is 11.7. The van der Waals surface area contributed by atoms with Crippen molar-refractivity contribution in [1.29, 1.82) is 0 Å². The smallest absolute Gasteiger partial charge is 0.109 e. The van der Waals surface area contributed by atoms with Crippen LogP contribution in [0.5, 0.6) is 0 Å². The Balaban J connectivity index is 2.53. The summed E-state index contributed by atoms with van der Waals surface area (Å²) in [6.45, 7) is 7.79. The van der Waals surface area contributed by atoms with Gasteiger partial charge >= 0.3 is 0 Å². The molecule has 1 heterocycles. The monoisotopic (exact) mass is 212 g/mol. The van der Waals surface area contributed by atoms with E-state index in [0.717, 1.165) is 6.54 Å². The molecule has 0 spiro atoms. The van der Waals surface area contributed by atoms with Gasteiger partial charge in [0, 0.05) is 11.6 Å². The average Bonchev–Trinajstić information content (AvgIpc) is 2.64. The highest BCUT2D eigenvalue weighted by molar-refractivity contribution is 7.09. The van der Waals surface area contributed by atoms with E-state index in [1.54, 1.807) is 11.3 Å². The molecule has 0 bridgehead atoms. The fourth-order valence-corrected chi connectivity index (χ4v) is 2.19. The third-order valence-electron chi connectivity index (χ3n) is 2.10. The molecule has 0 fully saturated rings. The fraction of sp³-hybridized carbons (Fsp3) is 0.727. The van der Waals surface area contributed by atoms with Crippen LogP contribution in [-0.4, -0.2) is 11.5 Å². The summed E-state index contributed by atoms with van der Waals surface area (Å²) in [6, 6.07) is 0.454. The third kappa shape index (κ3) is 3.76. The van der Waals surface area contributed by atoms with Gasteiger partial charge in [0.2, 0.25) is 0 Å². The summed E-state index contributed by atoms with van der Waals surface area (Å²) >= 11 is 1.75. The van der Waals surface area contributed by atoms with Crippen molar-refractivity contribution < 1.29 is 0 Å². The maximum Gasteiger partial charge on any atom is 0.109 e. The Morgan fingerprint density at radius 1 is 1.50 bits per heavy atom. The summed E-state index contributed by atoms with van der Waals surface area (Å²) in [6.07, 6.45) is 4.24. The molecule has 0 saturated heterocycles. The molecule has 14 heavy (non-hydrogen) atoms. The third-order valence-corrected chi connectivity index (χ3v) is 2.99. The first-order valence-corrected chi connectivity index (χ1v) is 6.24. The molecule has 3 heteroatoms. The standard InChI is InChI=1S/C11H20N2S/c1-4-5-12-10(8-9(2)3)11-13-6-7-14-11/h6-7,9-10,12H,4-5,8H2,1-3H3. The van der Waals surface area contributed by atoms with E-state index in [4.69, 9.17) is 0 Å². The molecule has 1 atom stereocenters. The predicted molar refractivity (Wildman–Crippen MR) is 62.6 cm³/mol. The lowest BCUT2D eigenvalue weighted by atomic mass is 10.0. The van der Waals surface area contributed by atoms with Crippen LogP contribution in [0.4, 0.5) is 0 Å². The van der Waals surface area contributed by atoms with Crippen LogP contribution in [-0.2, 0) is 0 Å². The summed E-state index contributed by atoms with van der Waals surface area (Å²) in [7, 11) is 0. The summed E-state index contributed by atoms with van der Waals surface area (Å²) in [5, 5.41) is 6.83. The van der Waals surface area contributed by atoms with E-state index in [-0.39, 0.29) is 0 Å². The summed E-state index contributed by atoms with van der Waals surface area (Å²) in [4.78, 5) is 4.38. The van der Waals surface area contributed by atoms with Gasteiger partial charge in [-0.05, 0) is 25.3 Å². The van der Waals surface area contributed by atoms with E-state index in [1.165, 1.54) is 17.8 Å². The van der Waals surface area contributed by atoms with Crippen LogP contribution in [0.2, 0.25) is 0 Å². The highest BCUT2D eigenvalue weighted by Crippen LogP contribution is 2.22. The van der Waals surface area contributed by atoms with Crippen molar-refractivity contribution in [2.24, 2.45) is 5.92 Å². The molecule has 0 aliphatic rings. The van der Waals surface area contributed by atoms with Gasteiger partial charge in [0.15, 0.2) is 0 Å². The van der Waals surface area contributed by atoms with Gasteiger partial charge < -0.3 is 5.32 Å². The molecule has 0 aliphatic carbocycles. The van der Waals surface area contributed by atoms with Gasteiger partial charge in [0.05, 0.1) is 6.04 Å². The van der Waals surface area contributed by atoms with Crippen LogP contribution in [0.15, 0.2) is 11.6 Å². The zero-order chi connectivity index (χ0) is 10.4. The van der Waals surface area contributed by atoms with Gasteiger partial charge in [-0.2, -0.15) is 0 Å². The second-order valence-corrected chi connectivity index (χ2v) is 4.93. The number of aromatic nitrogens is 1. The number of rotatable bonds is 6. The van der Waals surface area contributed by atoms with E-state index in [2.05, 4.69) is 36.5 Å². The quantitative estimate of drug-likeness (QED) is 0.783. The van der Waals surface area contributed by atoms with E-state index < -0.39 is 0 Å². The highest BCUT2D eigenvalue weighted by atomic mass is 32.1. The summed E-state index contributed by atoms with van der Waals surface area (Å²) in [5.41, 5.74) is 0. The van der Waals surface area contributed by atoms with Crippen molar-refractivity contribution in [3.8, 4) is 0 Å². The largest absolute Gasteiger partial charge is 0.308 e. The first-order chi connectivity index (χ1) is 6.74. The van der Waals surface area contributed by atoms with Crippen LogP contribution < -0.4 is 5.32 Å². The van der Waals surface area contributed by atoms with Crippen molar-refractivity contribution in [2.45, 2.75) is 39.7 Å². The van der Waals surface area contributed by atoms with E-state index in [0.29, 0.717) is 12.0 Å². The summed E-state index contributed by atoms with van der Waals surface area (Å²) < 4.78 is 0. The lowest BCUT2D eigenvalue weighted by Gasteiger charge is -2.17. The Bertz CT molecular complexity index is 231. The van der Waals surface area contributed by atoms with Gasteiger partial charge in [-0.3, -0.25) is 0 Å². The molecular formula is C11H20N2S. The maximum absolute atomic E-state index is 4.38. The lowest BCUT2D eigenvalue weighted by Crippen LogP contribution is -2.23. The summed E-state index contributed by atoms with van der Waals surface area (Å²) in [5.74, 6) is 0.716. The molecule has 0 aliphatic heterocycles. The van der Waals surface area contributed by atoms with Gasteiger partial charge in [-0.15, -0.1) is 11.3 Å². The van der Waals surface area contributed by atoms with E-state index in [1.807, 2.05) is 6.20 Å². The van der Waals surface area contributed by atoms with Crippen LogP contribution in [0, 0.1) is 5.92 Å². The first-order valence-electron chi connectivity index (χ1n) is 5.36. The molecule has 1 rings (SSSR count). The molecule has 1 aromatic heterocycles. The number of hydrogen-bond acceptors (Lipinski definition) is 3. The molecule has 1 aromatic rings. The van der Waals surface area contributed by atoms with Crippen LogP contribution in [0.1, 0.15) is 44.7 Å². The second kappa shape index (κ2) is 6.14. The Labute approximate surface area is 90.8 Å². The van der Waals surface area contributed by atoms with Crippen molar-refractivity contribution in [3.05, 3.63) is 16.6 Å². The Kier molecular flexibility index (Phi) is 5.12. The van der Waals surface area contributed by atoms with Crippen LogP contribution in [0.25, 0.3) is 0 Å². The zero-order valence-corrected chi connectivity index (χ0v) is 10.1. The SMILES string of the molecule is CCCNC(CC(C)C)c1nccs1. The normalized spacial score (nSPS) is 13.4. The predicted octanol–water partition coefficient (Wildman–Crippen LogP) is 3.23. The molecule has 0 saturated carbocycles. The maximum atomic E-state index is 4.38. The number of nitrogens with one attached hydrogen (secondary N) is 1. The number of hydrogen-bond donors (Lipinski definition) is 1. The van der Waals surface area contributed by atoms with Gasteiger partial charge in [-0.25, -0.2) is 4.98 Å². The van der Waals surface area contributed by atoms with E-state index >= 15 is 0 Å². The molecular weight excluding hydrogens is 192 g/mol. The Hall–Kier alpha value is -0.410. The van der Waals surface area contributed by atoms with Crippen molar-refractivity contribution in [1.82, 2.24) is 10.3 Å². The number of nitrogens with zero attached hydrogens (tertiary/aromatic N) is 1. The van der Waals surface area contributed by atoms with E-state index in [9.17, 15) is 0 Å². The highest BCUT2D eigenvalue weighted by Gasteiger charge is 2.14. The Morgan fingerprint density at radius 3 is 2.79 bits per heavy atom. The lowest BCUT2D eigenvalue weighted by molar-refractivity contribution is 0.429. The fourth-order valence-electron chi connectivity index (χ4n) is 1.47. The molecule has 2 nitrogen and oxygen atoms in total. The molecule has 1 unspecified atom stereocenters. The molecule has 0 amide bonds. The van der Waals surface area contributed by atoms with Crippen LogP contribution >= 0.6 is 11.3 Å².